The number of benzene rings is 2. The number of carboxylic acid groups (broad SMARTS) is 1. The van der Waals surface area contributed by atoms with Crippen LogP contribution in [-0.4, -0.2) is 37.0 Å². The van der Waals surface area contributed by atoms with Gasteiger partial charge in [-0.1, -0.05) is 12.1 Å². The van der Waals surface area contributed by atoms with E-state index < -0.39 is 12.0 Å². The van der Waals surface area contributed by atoms with Crippen molar-refractivity contribution in [2.75, 3.05) is 20.0 Å². The van der Waals surface area contributed by atoms with E-state index in [0.717, 1.165) is 10.5 Å². The van der Waals surface area contributed by atoms with E-state index in [1.165, 1.54) is 0 Å². The smallest absolute Gasteiger partial charge is 0.305 e. The van der Waals surface area contributed by atoms with E-state index >= 15 is 0 Å². The molecule has 0 heterocycles. The van der Waals surface area contributed by atoms with Gasteiger partial charge in [-0.3, -0.25) is 9.59 Å². The number of aliphatic carboxylic acids is 1. The van der Waals surface area contributed by atoms with Crippen molar-refractivity contribution in [3.05, 3.63) is 54.1 Å². The number of carbonyl (C=O) groups is 2. The molecule has 138 valence electrons. The predicted molar refractivity (Wildman–Crippen MR) is 99.8 cm³/mol. The number of rotatable bonds is 9. The van der Waals surface area contributed by atoms with E-state index in [1.54, 1.807) is 43.1 Å². The number of hydrogen-bond acceptors (Lipinski definition) is 5. The highest BCUT2D eigenvalue weighted by atomic mass is 32.2. The van der Waals surface area contributed by atoms with E-state index in [9.17, 15) is 9.59 Å². The zero-order valence-electron chi connectivity index (χ0n) is 14.6. The molecule has 0 bridgehead atoms. The van der Waals surface area contributed by atoms with Crippen molar-refractivity contribution >= 4 is 23.6 Å². The summed E-state index contributed by atoms with van der Waals surface area (Å²) in [5, 5.41) is 11.8. The van der Waals surface area contributed by atoms with Crippen LogP contribution in [0.4, 0.5) is 0 Å². The van der Waals surface area contributed by atoms with Crippen LogP contribution < -0.4 is 14.8 Å². The second-order valence-electron chi connectivity index (χ2n) is 5.46. The van der Waals surface area contributed by atoms with Crippen LogP contribution in [0.15, 0.2) is 53.4 Å². The molecule has 0 fully saturated rings. The highest BCUT2D eigenvalue weighted by Gasteiger charge is 2.18. The van der Waals surface area contributed by atoms with Gasteiger partial charge in [-0.25, -0.2) is 0 Å². The minimum Gasteiger partial charge on any atom is -0.497 e. The Morgan fingerprint density at radius 2 is 1.69 bits per heavy atom. The van der Waals surface area contributed by atoms with Gasteiger partial charge in [0.2, 0.25) is 0 Å². The van der Waals surface area contributed by atoms with E-state index in [4.69, 9.17) is 14.6 Å². The monoisotopic (exact) mass is 375 g/mol. The molecule has 26 heavy (non-hydrogen) atoms. The standard InChI is InChI=1S/C19H21NO5S/c1-24-14-5-7-15(8-6-14)25-12-18(21)20-17(11-19(22)23)13-3-9-16(26-2)10-4-13/h3-10,17H,11-12H2,1-2H3,(H,20,21)(H,22,23). The molecule has 1 atom stereocenters. The number of nitrogens with one attached hydrogen (secondary N) is 1. The fourth-order valence-corrected chi connectivity index (χ4v) is 2.73. The van der Waals surface area contributed by atoms with Crippen molar-refractivity contribution in [3.63, 3.8) is 0 Å². The van der Waals surface area contributed by atoms with Gasteiger partial charge in [0, 0.05) is 4.90 Å². The van der Waals surface area contributed by atoms with Gasteiger partial charge in [0.05, 0.1) is 19.6 Å². The van der Waals surface area contributed by atoms with Crippen molar-refractivity contribution in [1.29, 1.82) is 0 Å². The van der Waals surface area contributed by atoms with Crippen molar-refractivity contribution in [2.45, 2.75) is 17.4 Å². The molecule has 0 aliphatic carbocycles. The van der Waals surface area contributed by atoms with Crippen LogP contribution in [0.1, 0.15) is 18.0 Å². The molecule has 2 N–H and O–H groups in total. The first kappa shape index (κ1) is 19.7. The lowest BCUT2D eigenvalue weighted by Crippen LogP contribution is -2.33. The average molecular weight is 375 g/mol. The Morgan fingerprint density at radius 1 is 1.08 bits per heavy atom. The summed E-state index contributed by atoms with van der Waals surface area (Å²) in [6.07, 6.45) is 1.76. The molecule has 0 saturated heterocycles. The number of carbonyl (C=O) groups excluding carboxylic acids is 1. The summed E-state index contributed by atoms with van der Waals surface area (Å²) < 4.78 is 10.5. The quantitative estimate of drug-likeness (QED) is 0.655. The first-order valence-electron chi connectivity index (χ1n) is 7.93. The van der Waals surface area contributed by atoms with Gasteiger partial charge in [-0.15, -0.1) is 11.8 Å². The average Bonchev–Trinajstić information content (AvgIpc) is 2.66. The van der Waals surface area contributed by atoms with Crippen molar-refractivity contribution in [1.82, 2.24) is 5.32 Å². The summed E-state index contributed by atoms with van der Waals surface area (Å²) in [7, 11) is 1.57. The van der Waals surface area contributed by atoms with Gasteiger partial charge in [-0.05, 0) is 48.2 Å². The van der Waals surface area contributed by atoms with Crippen LogP contribution in [0, 0.1) is 0 Å². The van der Waals surface area contributed by atoms with Crippen LogP contribution in [-0.2, 0) is 9.59 Å². The van der Waals surface area contributed by atoms with Crippen LogP contribution in [0.2, 0.25) is 0 Å². The summed E-state index contributed by atoms with van der Waals surface area (Å²) in [6, 6.07) is 13.7. The lowest BCUT2D eigenvalue weighted by atomic mass is 10.0. The molecule has 0 aromatic heterocycles. The molecule has 2 aromatic carbocycles. The van der Waals surface area contributed by atoms with Crippen LogP contribution in [0.3, 0.4) is 0 Å². The molecule has 0 aliphatic heterocycles. The van der Waals surface area contributed by atoms with Gasteiger partial charge in [0.1, 0.15) is 11.5 Å². The second kappa shape index (κ2) is 9.72. The number of thioether (sulfide) groups is 1. The Bertz CT molecular complexity index is 731. The lowest BCUT2D eigenvalue weighted by molar-refractivity contribution is -0.137. The lowest BCUT2D eigenvalue weighted by Gasteiger charge is -2.18. The Labute approximate surface area is 156 Å². The maximum Gasteiger partial charge on any atom is 0.305 e. The molecule has 0 spiro atoms. The van der Waals surface area contributed by atoms with Gasteiger partial charge in [-0.2, -0.15) is 0 Å². The van der Waals surface area contributed by atoms with E-state index in [1.807, 2.05) is 30.5 Å². The summed E-state index contributed by atoms with van der Waals surface area (Å²) in [6.45, 7) is -0.203. The zero-order valence-corrected chi connectivity index (χ0v) is 15.4. The highest BCUT2D eigenvalue weighted by molar-refractivity contribution is 7.98. The molecule has 0 radical (unpaired) electrons. The van der Waals surface area contributed by atoms with Crippen molar-refractivity contribution in [2.24, 2.45) is 0 Å². The number of ether oxygens (including phenoxy) is 2. The van der Waals surface area contributed by atoms with Gasteiger partial charge < -0.3 is 19.9 Å². The van der Waals surface area contributed by atoms with Gasteiger partial charge in [0.25, 0.3) is 5.91 Å². The van der Waals surface area contributed by atoms with E-state index in [2.05, 4.69) is 5.32 Å². The molecule has 0 aliphatic rings. The fourth-order valence-electron chi connectivity index (χ4n) is 2.32. The Balaban J connectivity index is 1.97. The third-order valence-corrected chi connectivity index (χ3v) is 4.41. The van der Waals surface area contributed by atoms with Crippen LogP contribution in [0.25, 0.3) is 0 Å². The molecule has 1 unspecified atom stereocenters. The molecular weight excluding hydrogens is 354 g/mol. The number of hydrogen-bond donors (Lipinski definition) is 2. The Morgan fingerprint density at radius 3 is 2.23 bits per heavy atom. The van der Waals surface area contributed by atoms with E-state index in [0.29, 0.717) is 11.5 Å². The summed E-state index contributed by atoms with van der Waals surface area (Å²) in [5.74, 6) is -0.154. The van der Waals surface area contributed by atoms with Crippen LogP contribution in [0.5, 0.6) is 11.5 Å². The van der Waals surface area contributed by atoms with Crippen molar-refractivity contribution < 1.29 is 24.2 Å². The third-order valence-electron chi connectivity index (χ3n) is 3.66. The van der Waals surface area contributed by atoms with E-state index in [-0.39, 0.29) is 18.9 Å². The summed E-state index contributed by atoms with van der Waals surface area (Å²) in [5.41, 5.74) is 0.739. The maximum atomic E-state index is 12.2. The minimum atomic E-state index is -0.986. The summed E-state index contributed by atoms with van der Waals surface area (Å²) in [4.78, 5) is 24.4. The maximum absolute atomic E-state index is 12.2. The molecule has 6 nitrogen and oxygen atoms in total. The predicted octanol–water partition coefficient (Wildman–Crippen LogP) is 3.13. The number of amides is 1. The molecular formula is C19H21NO5S. The molecule has 1 amide bonds. The molecule has 0 saturated carbocycles. The van der Waals surface area contributed by atoms with Gasteiger partial charge in [0.15, 0.2) is 6.61 Å². The zero-order chi connectivity index (χ0) is 18.9. The van der Waals surface area contributed by atoms with Crippen molar-refractivity contribution in [3.8, 4) is 11.5 Å². The minimum absolute atomic E-state index is 0.201. The normalized spacial score (nSPS) is 11.5. The SMILES string of the molecule is COc1ccc(OCC(=O)NC(CC(=O)O)c2ccc(SC)cc2)cc1. The first-order valence-corrected chi connectivity index (χ1v) is 9.16. The molecule has 2 rings (SSSR count). The van der Waals surface area contributed by atoms with Crippen LogP contribution >= 0.6 is 11.8 Å². The second-order valence-corrected chi connectivity index (χ2v) is 6.33. The third kappa shape index (κ3) is 6.00. The Hall–Kier alpha value is -2.67. The number of methoxy groups -OCH3 is 1. The highest BCUT2D eigenvalue weighted by Crippen LogP contribution is 2.22. The largest absolute Gasteiger partial charge is 0.497 e. The summed E-state index contributed by atoms with van der Waals surface area (Å²) >= 11 is 1.59. The Kier molecular flexibility index (Phi) is 7.35. The van der Waals surface area contributed by atoms with Gasteiger partial charge >= 0.3 is 5.97 Å². The number of carboxylic acids is 1. The fraction of sp³-hybridized carbons (Fsp3) is 0.263. The molecule has 7 heteroatoms. The molecule has 2 aromatic rings. The topological polar surface area (TPSA) is 84.9 Å². The first-order chi connectivity index (χ1) is 12.5.